The maximum Gasteiger partial charge on any atom is 0.164 e. The van der Waals surface area contributed by atoms with Gasteiger partial charge in [-0.3, -0.25) is 0 Å². The molecule has 2 aromatic heterocycles. The van der Waals surface area contributed by atoms with Crippen molar-refractivity contribution in [2.24, 2.45) is 0 Å². The van der Waals surface area contributed by atoms with Crippen LogP contribution in [0.2, 0.25) is 0 Å². The third-order valence-electron chi connectivity index (χ3n) is 9.25. The van der Waals surface area contributed by atoms with Gasteiger partial charge in [-0.25, -0.2) is 15.0 Å². The molecule has 4 nitrogen and oxygen atoms in total. The molecule has 10 aromatic rings. The van der Waals surface area contributed by atoms with Gasteiger partial charge in [-0.15, -0.1) is 0 Å². The first-order valence-corrected chi connectivity index (χ1v) is 15.8. The SMILES string of the molecule is c1ccc(-c2nc(-c3ccccc3)nc(-c3cccc(-c4ccc5c6ccccc6c6cc7ccccc7c7oc4c5c67)c3)n2)cc1. The summed E-state index contributed by atoms with van der Waals surface area (Å²) in [5.74, 6) is 1.91. The molecule has 0 N–H and O–H groups in total. The van der Waals surface area contributed by atoms with Crippen molar-refractivity contribution in [3.63, 3.8) is 0 Å². The molecule has 0 saturated carbocycles. The number of benzene rings is 8. The van der Waals surface area contributed by atoms with E-state index in [1.165, 1.54) is 37.7 Å². The van der Waals surface area contributed by atoms with Gasteiger partial charge in [0, 0.05) is 38.4 Å². The van der Waals surface area contributed by atoms with Crippen molar-refractivity contribution in [3.8, 4) is 45.3 Å². The van der Waals surface area contributed by atoms with Crippen LogP contribution in [0.25, 0.3) is 99.5 Å². The van der Waals surface area contributed by atoms with E-state index in [0.717, 1.165) is 44.4 Å². The van der Waals surface area contributed by atoms with E-state index in [1.807, 2.05) is 60.7 Å². The summed E-state index contributed by atoms with van der Waals surface area (Å²) in [5, 5.41) is 9.55. The van der Waals surface area contributed by atoms with Crippen LogP contribution >= 0.6 is 0 Å². The smallest absolute Gasteiger partial charge is 0.164 e. The van der Waals surface area contributed by atoms with Crippen molar-refractivity contribution in [2.45, 2.75) is 0 Å². The highest BCUT2D eigenvalue weighted by Gasteiger charge is 2.22. The van der Waals surface area contributed by atoms with Gasteiger partial charge < -0.3 is 4.42 Å². The monoisotopic (exact) mass is 599 g/mol. The predicted molar refractivity (Wildman–Crippen MR) is 193 cm³/mol. The zero-order valence-corrected chi connectivity index (χ0v) is 25.2. The number of nitrogens with zero attached hydrogens (tertiary/aromatic N) is 3. The molecule has 218 valence electrons. The average Bonchev–Trinajstić information content (AvgIpc) is 3.56. The summed E-state index contributed by atoms with van der Waals surface area (Å²) < 4.78 is 6.94. The van der Waals surface area contributed by atoms with Crippen molar-refractivity contribution in [1.82, 2.24) is 15.0 Å². The quantitative estimate of drug-likeness (QED) is 0.149. The first-order chi connectivity index (χ1) is 23.3. The Balaban J connectivity index is 1.22. The van der Waals surface area contributed by atoms with Crippen molar-refractivity contribution < 1.29 is 4.42 Å². The fourth-order valence-corrected chi connectivity index (χ4v) is 7.09. The lowest BCUT2D eigenvalue weighted by atomic mass is 9.90. The Bertz CT molecular complexity index is 2730. The summed E-state index contributed by atoms with van der Waals surface area (Å²) >= 11 is 0. The van der Waals surface area contributed by atoms with E-state index in [0.29, 0.717) is 17.5 Å². The Morgan fingerprint density at radius 2 is 0.872 bits per heavy atom. The fourth-order valence-electron chi connectivity index (χ4n) is 7.09. The molecule has 0 aliphatic heterocycles. The Kier molecular flexibility index (Phi) is 5.54. The van der Waals surface area contributed by atoms with E-state index < -0.39 is 0 Å². The number of furan rings is 1. The number of hydrogen-bond acceptors (Lipinski definition) is 4. The summed E-state index contributed by atoms with van der Waals surface area (Å²) in [5.41, 5.74) is 6.72. The summed E-state index contributed by atoms with van der Waals surface area (Å²) in [7, 11) is 0. The van der Waals surface area contributed by atoms with Gasteiger partial charge in [0.25, 0.3) is 0 Å². The lowest BCUT2D eigenvalue weighted by Gasteiger charge is -2.11. The van der Waals surface area contributed by atoms with Crippen LogP contribution in [-0.4, -0.2) is 15.0 Å². The Labute approximate surface area is 270 Å². The molecule has 0 fully saturated rings. The Morgan fingerprint density at radius 3 is 1.57 bits per heavy atom. The molecule has 0 bridgehead atoms. The maximum absolute atomic E-state index is 6.94. The van der Waals surface area contributed by atoms with Crippen LogP contribution in [0.15, 0.2) is 156 Å². The molecule has 0 amide bonds. The molecule has 0 aliphatic carbocycles. The second-order valence-corrected chi connectivity index (χ2v) is 12.0. The van der Waals surface area contributed by atoms with Gasteiger partial charge >= 0.3 is 0 Å². The summed E-state index contributed by atoms with van der Waals surface area (Å²) in [4.78, 5) is 14.8. The molecule has 8 aromatic carbocycles. The van der Waals surface area contributed by atoms with Crippen LogP contribution < -0.4 is 0 Å². The topological polar surface area (TPSA) is 51.8 Å². The van der Waals surface area contributed by atoms with Crippen molar-refractivity contribution >= 4 is 54.3 Å². The molecule has 0 radical (unpaired) electrons. The summed E-state index contributed by atoms with van der Waals surface area (Å²) in [6.45, 7) is 0. The number of rotatable bonds is 4. The molecule has 0 saturated heterocycles. The zero-order chi connectivity index (χ0) is 30.9. The summed E-state index contributed by atoms with van der Waals surface area (Å²) in [6.07, 6.45) is 0. The molecule has 10 rings (SSSR count). The second kappa shape index (κ2) is 10.1. The molecule has 0 atom stereocenters. The molecular weight excluding hydrogens is 574 g/mol. The highest BCUT2D eigenvalue weighted by molar-refractivity contribution is 6.37. The van der Waals surface area contributed by atoms with Crippen LogP contribution in [-0.2, 0) is 0 Å². The van der Waals surface area contributed by atoms with Crippen LogP contribution in [0.3, 0.4) is 0 Å². The third-order valence-corrected chi connectivity index (χ3v) is 9.25. The molecule has 4 heteroatoms. The highest BCUT2D eigenvalue weighted by atomic mass is 16.3. The van der Waals surface area contributed by atoms with Gasteiger partial charge in [0.15, 0.2) is 17.5 Å². The Hall–Kier alpha value is -6.39. The van der Waals surface area contributed by atoms with Crippen LogP contribution in [0.4, 0.5) is 0 Å². The molecule has 0 spiro atoms. The van der Waals surface area contributed by atoms with Crippen molar-refractivity contribution in [1.29, 1.82) is 0 Å². The van der Waals surface area contributed by atoms with E-state index in [9.17, 15) is 0 Å². The largest absolute Gasteiger partial charge is 0.455 e. The standard InChI is InChI=1S/C43H25N3O/c1-3-12-26(13-4-1)41-44-42(27-14-5-2-6-15-27)46-43(45-41)30-18-11-17-28(24-30)32-22-23-35-33-20-9-10-21-34(33)36-25-29-16-7-8-19-31(29)39-38(36)37(35)40(32)47-39/h1-25H. The van der Waals surface area contributed by atoms with Crippen LogP contribution in [0.1, 0.15) is 0 Å². The highest BCUT2D eigenvalue weighted by Crippen LogP contribution is 2.47. The van der Waals surface area contributed by atoms with E-state index in [-0.39, 0.29) is 0 Å². The van der Waals surface area contributed by atoms with E-state index in [2.05, 4.69) is 91.0 Å². The van der Waals surface area contributed by atoms with E-state index in [1.54, 1.807) is 0 Å². The maximum atomic E-state index is 6.94. The van der Waals surface area contributed by atoms with E-state index in [4.69, 9.17) is 19.4 Å². The first-order valence-electron chi connectivity index (χ1n) is 15.8. The molecule has 0 unspecified atom stereocenters. The Morgan fingerprint density at radius 1 is 0.340 bits per heavy atom. The van der Waals surface area contributed by atoms with Gasteiger partial charge in [-0.1, -0.05) is 133 Å². The minimum Gasteiger partial charge on any atom is -0.455 e. The zero-order valence-electron chi connectivity index (χ0n) is 25.2. The molecular formula is C43H25N3O. The molecule has 2 heterocycles. The predicted octanol–water partition coefficient (Wildman–Crippen LogP) is 11.3. The number of fused-ring (bicyclic) bond motifs is 5. The van der Waals surface area contributed by atoms with E-state index >= 15 is 0 Å². The average molecular weight is 600 g/mol. The van der Waals surface area contributed by atoms with Crippen molar-refractivity contribution in [3.05, 3.63) is 152 Å². The number of aromatic nitrogens is 3. The van der Waals surface area contributed by atoms with Gasteiger partial charge in [0.1, 0.15) is 11.2 Å². The number of hydrogen-bond donors (Lipinski definition) is 0. The van der Waals surface area contributed by atoms with Crippen LogP contribution in [0, 0.1) is 0 Å². The lowest BCUT2D eigenvalue weighted by molar-refractivity contribution is 0.674. The fraction of sp³-hybridized carbons (Fsp3) is 0. The van der Waals surface area contributed by atoms with Crippen molar-refractivity contribution in [2.75, 3.05) is 0 Å². The van der Waals surface area contributed by atoms with Gasteiger partial charge in [0.2, 0.25) is 0 Å². The third kappa shape index (κ3) is 3.98. The lowest BCUT2D eigenvalue weighted by Crippen LogP contribution is -2.00. The normalized spacial score (nSPS) is 11.8. The second-order valence-electron chi connectivity index (χ2n) is 12.0. The van der Waals surface area contributed by atoms with Gasteiger partial charge in [-0.05, 0) is 50.7 Å². The van der Waals surface area contributed by atoms with Crippen LogP contribution in [0.5, 0.6) is 0 Å². The minimum atomic E-state index is 0.625. The molecule has 0 aliphatic rings. The van der Waals surface area contributed by atoms with Gasteiger partial charge in [-0.2, -0.15) is 0 Å². The first kappa shape index (κ1) is 25.9. The summed E-state index contributed by atoms with van der Waals surface area (Å²) in [6, 6.07) is 52.5. The minimum absolute atomic E-state index is 0.625. The molecule has 47 heavy (non-hydrogen) atoms. The van der Waals surface area contributed by atoms with Gasteiger partial charge in [0.05, 0.1) is 0 Å².